The molecule has 2 atom stereocenters. The lowest BCUT2D eigenvalue weighted by atomic mass is 9.98. The Hall–Kier alpha value is -0.340. The Morgan fingerprint density at radius 1 is 1.12 bits per heavy atom. The van der Waals surface area contributed by atoms with Crippen LogP contribution in [-0.2, 0) is 13.0 Å². The van der Waals surface area contributed by atoms with Crippen molar-refractivity contribution in [1.29, 1.82) is 0 Å². The molecule has 17 heavy (non-hydrogen) atoms. The maximum Gasteiger partial charge on any atom is 0.0302 e. The summed E-state index contributed by atoms with van der Waals surface area (Å²) in [5.41, 5.74) is 0. The molecule has 0 aromatic carbocycles. The van der Waals surface area contributed by atoms with Crippen molar-refractivity contribution in [1.82, 2.24) is 5.32 Å². The zero-order valence-corrected chi connectivity index (χ0v) is 12.6. The first-order valence-electron chi connectivity index (χ1n) is 7.00. The number of hydrogen-bond acceptors (Lipinski definition) is 2. The molecular formula is C15H27NS. The van der Waals surface area contributed by atoms with Crippen LogP contribution in [0.1, 0.15) is 56.7 Å². The van der Waals surface area contributed by atoms with Gasteiger partial charge in [0.25, 0.3) is 0 Å². The Balaban J connectivity index is 2.36. The standard InChI is InChI=1S/C15H27NS/c1-5-12(4)10-13(6-2)16-11-15-9-8-14(7-3)17-15/h8-9,12-13,16H,5-7,10-11H2,1-4H3. The van der Waals surface area contributed by atoms with Crippen LogP contribution in [0.5, 0.6) is 0 Å². The van der Waals surface area contributed by atoms with E-state index in [9.17, 15) is 0 Å². The van der Waals surface area contributed by atoms with Gasteiger partial charge in [-0.2, -0.15) is 0 Å². The average Bonchev–Trinajstić information content (AvgIpc) is 2.82. The number of hydrogen-bond donors (Lipinski definition) is 1. The number of nitrogens with one attached hydrogen (secondary N) is 1. The Labute approximate surface area is 111 Å². The molecule has 0 radical (unpaired) electrons. The van der Waals surface area contributed by atoms with Crippen LogP contribution in [0.4, 0.5) is 0 Å². The molecule has 1 N–H and O–H groups in total. The Bertz CT molecular complexity index is 306. The molecule has 0 aliphatic heterocycles. The normalized spacial score (nSPS) is 14.8. The molecule has 0 saturated carbocycles. The van der Waals surface area contributed by atoms with Gasteiger partial charge in [-0.15, -0.1) is 11.3 Å². The first-order chi connectivity index (χ1) is 8.19. The van der Waals surface area contributed by atoms with Gasteiger partial charge in [0.15, 0.2) is 0 Å². The maximum atomic E-state index is 3.70. The summed E-state index contributed by atoms with van der Waals surface area (Å²) in [4.78, 5) is 2.97. The highest BCUT2D eigenvalue weighted by Gasteiger charge is 2.10. The van der Waals surface area contributed by atoms with Gasteiger partial charge < -0.3 is 5.32 Å². The van der Waals surface area contributed by atoms with E-state index < -0.39 is 0 Å². The van der Waals surface area contributed by atoms with Crippen molar-refractivity contribution >= 4 is 11.3 Å². The van der Waals surface area contributed by atoms with E-state index in [1.807, 2.05) is 11.3 Å². The van der Waals surface area contributed by atoms with Gasteiger partial charge in [-0.1, -0.05) is 34.1 Å². The maximum absolute atomic E-state index is 3.70. The van der Waals surface area contributed by atoms with Gasteiger partial charge in [-0.05, 0) is 37.3 Å². The highest BCUT2D eigenvalue weighted by atomic mass is 32.1. The molecule has 0 aliphatic carbocycles. The van der Waals surface area contributed by atoms with Gasteiger partial charge in [0.05, 0.1) is 0 Å². The van der Waals surface area contributed by atoms with E-state index in [0.717, 1.165) is 18.9 Å². The van der Waals surface area contributed by atoms with Crippen molar-refractivity contribution in [3.8, 4) is 0 Å². The average molecular weight is 253 g/mol. The fourth-order valence-electron chi connectivity index (χ4n) is 2.00. The number of thiophene rings is 1. The molecule has 2 unspecified atom stereocenters. The Morgan fingerprint density at radius 2 is 1.82 bits per heavy atom. The molecule has 0 bridgehead atoms. The summed E-state index contributed by atoms with van der Waals surface area (Å²) in [5, 5.41) is 3.70. The van der Waals surface area contributed by atoms with Gasteiger partial charge in [0, 0.05) is 22.3 Å². The molecule has 0 spiro atoms. The molecule has 1 aromatic heterocycles. The van der Waals surface area contributed by atoms with Crippen LogP contribution in [0.2, 0.25) is 0 Å². The van der Waals surface area contributed by atoms with Crippen LogP contribution < -0.4 is 5.32 Å². The van der Waals surface area contributed by atoms with Crippen molar-refractivity contribution in [2.75, 3.05) is 0 Å². The molecule has 0 fully saturated rings. The second kappa shape index (κ2) is 7.88. The van der Waals surface area contributed by atoms with Crippen LogP contribution in [0.3, 0.4) is 0 Å². The van der Waals surface area contributed by atoms with Gasteiger partial charge in [-0.3, -0.25) is 0 Å². The quantitative estimate of drug-likeness (QED) is 0.713. The Morgan fingerprint density at radius 3 is 2.35 bits per heavy atom. The largest absolute Gasteiger partial charge is 0.309 e. The zero-order valence-electron chi connectivity index (χ0n) is 11.8. The van der Waals surface area contributed by atoms with Crippen molar-refractivity contribution in [2.24, 2.45) is 5.92 Å². The van der Waals surface area contributed by atoms with E-state index in [1.54, 1.807) is 0 Å². The van der Waals surface area contributed by atoms with Crippen molar-refractivity contribution in [3.05, 3.63) is 21.9 Å². The van der Waals surface area contributed by atoms with E-state index in [4.69, 9.17) is 0 Å². The molecule has 2 heteroatoms. The highest BCUT2D eigenvalue weighted by Crippen LogP contribution is 2.18. The van der Waals surface area contributed by atoms with Crippen molar-refractivity contribution < 1.29 is 0 Å². The topological polar surface area (TPSA) is 12.0 Å². The smallest absolute Gasteiger partial charge is 0.0302 e. The third-order valence-electron chi connectivity index (χ3n) is 3.51. The number of aryl methyl sites for hydroxylation is 1. The van der Waals surface area contributed by atoms with E-state index in [-0.39, 0.29) is 0 Å². The van der Waals surface area contributed by atoms with Crippen molar-refractivity contribution in [2.45, 2.75) is 66.0 Å². The molecule has 0 amide bonds. The first-order valence-corrected chi connectivity index (χ1v) is 7.82. The second-order valence-corrected chi connectivity index (χ2v) is 6.21. The van der Waals surface area contributed by atoms with Crippen LogP contribution in [-0.4, -0.2) is 6.04 Å². The first kappa shape index (κ1) is 14.7. The molecule has 1 nitrogen and oxygen atoms in total. The lowest BCUT2D eigenvalue weighted by molar-refractivity contribution is 0.385. The van der Waals surface area contributed by atoms with Crippen LogP contribution >= 0.6 is 11.3 Å². The van der Waals surface area contributed by atoms with Crippen LogP contribution in [0.15, 0.2) is 12.1 Å². The summed E-state index contributed by atoms with van der Waals surface area (Å²) in [7, 11) is 0. The van der Waals surface area contributed by atoms with Crippen LogP contribution in [0.25, 0.3) is 0 Å². The van der Waals surface area contributed by atoms with Gasteiger partial charge >= 0.3 is 0 Å². The minimum atomic E-state index is 0.678. The summed E-state index contributed by atoms with van der Waals surface area (Å²) >= 11 is 1.95. The Kier molecular flexibility index (Phi) is 6.83. The molecule has 98 valence electrons. The summed E-state index contributed by atoms with van der Waals surface area (Å²) < 4.78 is 0. The third kappa shape index (κ3) is 5.22. The van der Waals surface area contributed by atoms with Gasteiger partial charge in [-0.25, -0.2) is 0 Å². The van der Waals surface area contributed by atoms with E-state index in [1.165, 1.54) is 29.0 Å². The summed E-state index contributed by atoms with van der Waals surface area (Å²) in [6.45, 7) is 10.2. The van der Waals surface area contributed by atoms with Crippen molar-refractivity contribution in [3.63, 3.8) is 0 Å². The monoisotopic (exact) mass is 253 g/mol. The van der Waals surface area contributed by atoms with E-state index >= 15 is 0 Å². The highest BCUT2D eigenvalue weighted by molar-refractivity contribution is 7.11. The third-order valence-corrected chi connectivity index (χ3v) is 4.74. The predicted octanol–water partition coefficient (Wildman–Crippen LogP) is 4.61. The SMILES string of the molecule is CCc1ccc(CNC(CC)CC(C)CC)s1. The van der Waals surface area contributed by atoms with Gasteiger partial charge in [0.1, 0.15) is 0 Å². The molecule has 0 saturated heterocycles. The summed E-state index contributed by atoms with van der Waals surface area (Å²) in [5.74, 6) is 0.835. The van der Waals surface area contributed by atoms with Gasteiger partial charge in [0.2, 0.25) is 0 Å². The van der Waals surface area contributed by atoms with Crippen LogP contribution in [0, 0.1) is 5.92 Å². The summed E-state index contributed by atoms with van der Waals surface area (Å²) in [6, 6.07) is 5.21. The minimum Gasteiger partial charge on any atom is -0.309 e. The number of rotatable bonds is 8. The lowest BCUT2D eigenvalue weighted by Gasteiger charge is -2.19. The minimum absolute atomic E-state index is 0.678. The van der Waals surface area contributed by atoms with E-state index in [0.29, 0.717) is 6.04 Å². The lowest BCUT2D eigenvalue weighted by Crippen LogP contribution is -2.29. The summed E-state index contributed by atoms with van der Waals surface area (Å²) in [6.07, 6.45) is 4.99. The molecular weight excluding hydrogens is 226 g/mol. The van der Waals surface area contributed by atoms with E-state index in [2.05, 4.69) is 45.1 Å². The molecule has 1 rings (SSSR count). The molecule has 1 aromatic rings. The fraction of sp³-hybridized carbons (Fsp3) is 0.733. The zero-order chi connectivity index (χ0) is 12.7. The second-order valence-electron chi connectivity index (χ2n) is 4.96. The predicted molar refractivity (Wildman–Crippen MR) is 78.7 cm³/mol. The fourth-order valence-corrected chi connectivity index (χ4v) is 2.91. The molecule has 1 heterocycles. The molecule has 0 aliphatic rings.